The van der Waals surface area contributed by atoms with Gasteiger partial charge in [-0.15, -0.1) is 0 Å². The number of hydrogen-bond donors (Lipinski definition) is 3. The fraction of sp³-hybridized carbons (Fsp3) is 0.474. The van der Waals surface area contributed by atoms with E-state index in [2.05, 4.69) is 5.32 Å². The third kappa shape index (κ3) is 2.32. The van der Waals surface area contributed by atoms with Crippen molar-refractivity contribution < 1.29 is 24.5 Å². The maximum atomic E-state index is 13.2. The number of quaternary nitrogens is 1. The Hall–Kier alpha value is -2.74. The lowest BCUT2D eigenvalue weighted by Gasteiger charge is -2.26. The molecule has 0 aliphatic carbocycles. The number of hydrogen-bond acceptors (Lipinski definition) is 4. The number of anilines is 1. The normalized spacial score (nSPS) is 31.4. The topological polar surface area (TPSA) is 126 Å². The summed E-state index contributed by atoms with van der Waals surface area (Å²) < 4.78 is 0. The van der Waals surface area contributed by atoms with Crippen molar-refractivity contribution in [1.82, 2.24) is 4.90 Å². The smallest absolute Gasteiger partial charge is 0.291 e. The van der Waals surface area contributed by atoms with Crippen LogP contribution in [0.5, 0.6) is 0 Å². The summed E-state index contributed by atoms with van der Waals surface area (Å²) in [4.78, 5) is 52.2. The number of likely N-dealkylation sites (tertiary alicyclic amines) is 1. The Bertz CT molecular complexity index is 854. The molecule has 1 spiro atoms. The summed E-state index contributed by atoms with van der Waals surface area (Å²) in [5.41, 5.74) is 5.50. The minimum absolute atomic E-state index is 0.0565. The Labute approximate surface area is 156 Å². The molecular formula is C19H23N4O4+. The van der Waals surface area contributed by atoms with Gasteiger partial charge in [0.15, 0.2) is 0 Å². The van der Waals surface area contributed by atoms with E-state index in [-0.39, 0.29) is 24.1 Å². The number of para-hydroxylation sites is 1. The predicted molar refractivity (Wildman–Crippen MR) is 94.9 cm³/mol. The first kappa shape index (κ1) is 17.7. The van der Waals surface area contributed by atoms with E-state index in [0.717, 1.165) is 6.42 Å². The number of primary amides is 1. The number of nitrogens with two attached hydrogens (primary N) is 2. The zero-order valence-electron chi connectivity index (χ0n) is 15.1. The van der Waals surface area contributed by atoms with E-state index in [4.69, 9.17) is 5.73 Å². The van der Waals surface area contributed by atoms with Crippen LogP contribution in [-0.4, -0.2) is 41.1 Å². The van der Waals surface area contributed by atoms with Crippen molar-refractivity contribution in [3.63, 3.8) is 0 Å². The number of unbranched alkanes of at least 4 members (excludes halogenated alkanes) is 1. The van der Waals surface area contributed by atoms with Crippen LogP contribution in [0.1, 0.15) is 31.7 Å². The first-order chi connectivity index (χ1) is 12.9. The van der Waals surface area contributed by atoms with Gasteiger partial charge >= 0.3 is 0 Å². The van der Waals surface area contributed by atoms with Crippen molar-refractivity contribution in [2.45, 2.75) is 37.8 Å². The molecule has 0 bridgehead atoms. The third-order valence-corrected chi connectivity index (χ3v) is 6.04. The quantitative estimate of drug-likeness (QED) is 0.577. The molecule has 3 aliphatic rings. The van der Waals surface area contributed by atoms with Crippen molar-refractivity contribution in [2.75, 3.05) is 11.9 Å². The molecule has 1 aromatic carbocycles. The lowest BCUT2D eigenvalue weighted by molar-refractivity contribution is -0.732. The molecule has 0 radical (unpaired) electrons. The number of imide groups is 1. The van der Waals surface area contributed by atoms with E-state index >= 15 is 0 Å². The van der Waals surface area contributed by atoms with Crippen LogP contribution < -0.4 is 16.4 Å². The average Bonchev–Trinajstić information content (AvgIpc) is 3.19. The zero-order valence-corrected chi connectivity index (χ0v) is 15.1. The number of nitrogens with one attached hydrogen (secondary N) is 1. The summed E-state index contributed by atoms with van der Waals surface area (Å²) >= 11 is 0. The highest BCUT2D eigenvalue weighted by Crippen LogP contribution is 2.49. The summed E-state index contributed by atoms with van der Waals surface area (Å²) in [5, 5.41) is 4.57. The number of amides is 4. The number of fused-ring (bicyclic) bond motifs is 4. The SMILES string of the molecule is CCCCN1C(=O)[C@@H]2[C@H](CC(N)=O)[NH2+][C@@]3(C(=O)Nc4ccccc43)[C@@H]2C1=O. The fourth-order valence-electron chi connectivity index (χ4n) is 4.94. The van der Waals surface area contributed by atoms with E-state index in [1.54, 1.807) is 29.6 Å². The van der Waals surface area contributed by atoms with Crippen molar-refractivity contribution >= 4 is 29.3 Å². The molecule has 8 nitrogen and oxygen atoms in total. The first-order valence-corrected chi connectivity index (χ1v) is 9.32. The van der Waals surface area contributed by atoms with Crippen molar-refractivity contribution in [3.05, 3.63) is 29.8 Å². The van der Waals surface area contributed by atoms with Crippen molar-refractivity contribution in [3.8, 4) is 0 Å². The Morgan fingerprint density at radius 1 is 1.26 bits per heavy atom. The van der Waals surface area contributed by atoms with E-state index in [9.17, 15) is 19.2 Å². The number of rotatable bonds is 5. The minimum Gasteiger partial charge on any atom is -0.369 e. The lowest BCUT2D eigenvalue weighted by Crippen LogP contribution is -2.99. The maximum Gasteiger partial charge on any atom is 0.291 e. The maximum absolute atomic E-state index is 13.2. The molecule has 0 aromatic heterocycles. The van der Waals surface area contributed by atoms with E-state index in [1.807, 2.05) is 6.92 Å². The monoisotopic (exact) mass is 371 g/mol. The fourth-order valence-corrected chi connectivity index (χ4v) is 4.94. The molecule has 4 amide bonds. The molecule has 5 N–H and O–H groups in total. The Morgan fingerprint density at radius 3 is 2.70 bits per heavy atom. The van der Waals surface area contributed by atoms with Crippen molar-refractivity contribution in [2.24, 2.45) is 17.6 Å². The highest BCUT2D eigenvalue weighted by molar-refractivity contribution is 6.14. The third-order valence-electron chi connectivity index (χ3n) is 6.04. The van der Waals surface area contributed by atoms with Crippen LogP contribution in [-0.2, 0) is 24.7 Å². The molecule has 2 saturated heterocycles. The molecule has 0 unspecified atom stereocenters. The zero-order chi connectivity index (χ0) is 19.3. The lowest BCUT2D eigenvalue weighted by atomic mass is 9.76. The molecule has 4 atom stereocenters. The van der Waals surface area contributed by atoms with Crippen molar-refractivity contribution in [1.29, 1.82) is 0 Å². The van der Waals surface area contributed by atoms with Gasteiger partial charge in [-0.05, 0) is 12.5 Å². The molecule has 27 heavy (non-hydrogen) atoms. The molecule has 8 heteroatoms. The van der Waals surface area contributed by atoms with Crippen LogP contribution in [0.25, 0.3) is 0 Å². The number of benzene rings is 1. The van der Waals surface area contributed by atoms with Gasteiger partial charge in [0, 0.05) is 12.1 Å². The van der Waals surface area contributed by atoms with Gasteiger partial charge < -0.3 is 16.4 Å². The first-order valence-electron chi connectivity index (χ1n) is 9.32. The second-order valence-electron chi connectivity index (χ2n) is 7.55. The second-order valence-corrected chi connectivity index (χ2v) is 7.55. The van der Waals surface area contributed by atoms with Gasteiger partial charge in [-0.1, -0.05) is 31.5 Å². The van der Waals surface area contributed by atoms with Gasteiger partial charge in [-0.3, -0.25) is 24.1 Å². The van der Waals surface area contributed by atoms with Crippen LogP contribution >= 0.6 is 0 Å². The largest absolute Gasteiger partial charge is 0.369 e. The highest BCUT2D eigenvalue weighted by atomic mass is 16.2. The predicted octanol–water partition coefficient (Wildman–Crippen LogP) is -0.944. The molecule has 3 heterocycles. The molecule has 142 valence electrons. The van der Waals surface area contributed by atoms with Crippen LogP contribution in [0.15, 0.2) is 24.3 Å². The van der Waals surface area contributed by atoms with Gasteiger partial charge in [-0.2, -0.15) is 0 Å². The second kappa shape index (κ2) is 6.16. The highest BCUT2D eigenvalue weighted by Gasteiger charge is 2.74. The van der Waals surface area contributed by atoms with E-state index < -0.39 is 29.3 Å². The van der Waals surface area contributed by atoms with E-state index in [0.29, 0.717) is 24.2 Å². The van der Waals surface area contributed by atoms with Crippen LogP contribution in [0.3, 0.4) is 0 Å². The summed E-state index contributed by atoms with van der Waals surface area (Å²) in [5.74, 6) is -3.03. The summed E-state index contributed by atoms with van der Waals surface area (Å²) in [6.45, 7) is 2.32. The molecule has 3 aliphatic heterocycles. The van der Waals surface area contributed by atoms with E-state index in [1.165, 1.54) is 4.90 Å². The molecule has 0 saturated carbocycles. The van der Waals surface area contributed by atoms with Gasteiger partial charge in [0.2, 0.25) is 23.3 Å². The Morgan fingerprint density at radius 2 is 2.00 bits per heavy atom. The molecular weight excluding hydrogens is 348 g/mol. The summed E-state index contributed by atoms with van der Waals surface area (Å²) in [6, 6.07) is 6.66. The minimum atomic E-state index is -1.23. The van der Waals surface area contributed by atoms with Crippen LogP contribution in [0.2, 0.25) is 0 Å². The number of carbonyl (C=O) groups excluding carboxylic acids is 4. The van der Waals surface area contributed by atoms with Gasteiger partial charge in [0.25, 0.3) is 5.91 Å². The van der Waals surface area contributed by atoms with Crippen LogP contribution in [0.4, 0.5) is 5.69 Å². The summed E-state index contributed by atoms with van der Waals surface area (Å²) in [6.07, 6.45) is 1.49. The number of nitrogens with zero attached hydrogens (tertiary/aromatic N) is 1. The molecule has 2 fully saturated rings. The van der Waals surface area contributed by atoms with Gasteiger partial charge in [0.05, 0.1) is 12.1 Å². The summed E-state index contributed by atoms with van der Waals surface area (Å²) in [7, 11) is 0. The standard InChI is InChI=1S/C19H22N4O4/c1-2-3-8-23-16(25)14-12(9-13(20)24)22-19(15(14)17(23)26)10-6-4-5-7-11(10)21-18(19)27/h4-7,12,14-15,22H,2-3,8-9H2,1H3,(H2,20,24)(H,21,27)/p+1/t12-,14+,15-,19+/m0/s1. The van der Waals surface area contributed by atoms with Crippen LogP contribution in [0, 0.1) is 11.8 Å². The molecule has 4 rings (SSSR count). The van der Waals surface area contributed by atoms with Gasteiger partial charge in [-0.25, -0.2) is 0 Å². The number of carbonyl (C=O) groups is 4. The Balaban J connectivity index is 1.83. The Kier molecular flexibility index (Phi) is 4.03. The van der Waals surface area contributed by atoms with Gasteiger partial charge in [0.1, 0.15) is 17.9 Å². The average molecular weight is 371 g/mol. The molecule has 1 aromatic rings.